The van der Waals surface area contributed by atoms with Crippen molar-refractivity contribution in [3.8, 4) is 6.07 Å². The molecule has 1 aliphatic carbocycles. The van der Waals surface area contributed by atoms with Gasteiger partial charge in [-0.1, -0.05) is 13.8 Å². The number of amides is 1. The zero-order chi connectivity index (χ0) is 16.8. The van der Waals surface area contributed by atoms with E-state index < -0.39 is 5.41 Å². The molecule has 1 aliphatic heterocycles. The van der Waals surface area contributed by atoms with E-state index in [2.05, 4.69) is 18.8 Å². The van der Waals surface area contributed by atoms with Crippen LogP contribution in [0.15, 0.2) is 18.3 Å². The molecular weight excluding hydrogens is 294 g/mol. The minimum absolute atomic E-state index is 0.0152. The van der Waals surface area contributed by atoms with Crippen LogP contribution in [0.3, 0.4) is 0 Å². The Morgan fingerprint density at radius 2 is 2.17 bits per heavy atom. The lowest BCUT2D eigenvalue weighted by Crippen LogP contribution is -2.57. The van der Waals surface area contributed by atoms with Gasteiger partial charge in [-0.15, -0.1) is 0 Å². The number of methoxy groups -OCH3 is 1. The fourth-order valence-electron chi connectivity index (χ4n) is 4.28. The molecule has 0 spiro atoms. The molecule has 0 aromatic carbocycles. The second-order valence-electron chi connectivity index (χ2n) is 7.10. The predicted molar refractivity (Wildman–Crippen MR) is 81.2 cm³/mol. The smallest absolute Gasteiger partial charge is 0.314 e. The van der Waals surface area contributed by atoms with Crippen molar-refractivity contribution >= 4 is 11.9 Å². The molecule has 0 N–H and O–H groups in total. The second kappa shape index (κ2) is 5.05. The third-order valence-electron chi connectivity index (χ3n) is 5.25. The SMILES string of the molecule is COC(=O)[C@@]12CN(C(=O)c3ccc(C#N)cn3)C[C@@H]1C(C)(C)C2. The Hall–Kier alpha value is -2.42. The standard InChI is InChI=1S/C17H19N3O3/c1-16(2)9-17(15(22)23-3)10-20(8-13(16)17)14(21)12-5-4-11(6-18)7-19-12/h4-5,7,13H,8-10H2,1-3H3/t13-,17+/m1/s1. The van der Waals surface area contributed by atoms with E-state index in [1.165, 1.54) is 13.3 Å². The van der Waals surface area contributed by atoms with Crippen LogP contribution >= 0.6 is 0 Å². The van der Waals surface area contributed by atoms with Gasteiger partial charge in [0, 0.05) is 19.3 Å². The molecule has 6 nitrogen and oxygen atoms in total. The van der Waals surface area contributed by atoms with E-state index in [0.29, 0.717) is 24.3 Å². The Morgan fingerprint density at radius 3 is 2.70 bits per heavy atom. The Kier molecular flexibility index (Phi) is 3.40. The molecule has 2 atom stereocenters. The van der Waals surface area contributed by atoms with Crippen LogP contribution in [0, 0.1) is 28.1 Å². The molecule has 2 aliphatic rings. The molecule has 6 heteroatoms. The first-order valence-electron chi connectivity index (χ1n) is 7.58. The molecular formula is C17H19N3O3. The van der Waals surface area contributed by atoms with E-state index in [9.17, 15) is 9.59 Å². The summed E-state index contributed by atoms with van der Waals surface area (Å²) in [5.74, 6) is -0.335. The molecule has 1 saturated heterocycles. The number of carbonyl (C=O) groups is 2. The highest BCUT2D eigenvalue weighted by Crippen LogP contribution is 2.63. The zero-order valence-electron chi connectivity index (χ0n) is 13.5. The van der Waals surface area contributed by atoms with Gasteiger partial charge in [0.25, 0.3) is 5.91 Å². The van der Waals surface area contributed by atoms with E-state index in [-0.39, 0.29) is 23.2 Å². The topological polar surface area (TPSA) is 83.3 Å². The number of aromatic nitrogens is 1. The highest BCUT2D eigenvalue weighted by Gasteiger charge is 2.68. The van der Waals surface area contributed by atoms with Crippen molar-refractivity contribution in [2.45, 2.75) is 20.3 Å². The summed E-state index contributed by atoms with van der Waals surface area (Å²) in [6, 6.07) is 5.10. The van der Waals surface area contributed by atoms with Crippen LogP contribution in [-0.4, -0.2) is 42.0 Å². The van der Waals surface area contributed by atoms with Crippen molar-refractivity contribution in [3.63, 3.8) is 0 Å². The number of ether oxygens (including phenoxy) is 1. The number of likely N-dealkylation sites (tertiary alicyclic amines) is 1. The number of pyridine rings is 1. The van der Waals surface area contributed by atoms with Gasteiger partial charge in [-0.05, 0) is 29.9 Å². The van der Waals surface area contributed by atoms with E-state index in [1.54, 1.807) is 17.0 Å². The Morgan fingerprint density at radius 1 is 1.43 bits per heavy atom. The van der Waals surface area contributed by atoms with E-state index in [0.717, 1.165) is 6.42 Å². The quantitative estimate of drug-likeness (QED) is 0.775. The predicted octanol–water partition coefficient (Wildman–Crippen LogP) is 1.61. The van der Waals surface area contributed by atoms with Gasteiger partial charge in [0.2, 0.25) is 0 Å². The van der Waals surface area contributed by atoms with Crippen LogP contribution in [0.4, 0.5) is 0 Å². The zero-order valence-corrected chi connectivity index (χ0v) is 13.5. The Bertz CT molecular complexity index is 705. The van der Waals surface area contributed by atoms with Gasteiger partial charge in [0.15, 0.2) is 0 Å². The number of fused-ring (bicyclic) bond motifs is 1. The fraction of sp³-hybridized carbons (Fsp3) is 0.529. The number of nitriles is 1. The molecule has 0 radical (unpaired) electrons. The van der Waals surface area contributed by atoms with Crippen LogP contribution in [0.1, 0.15) is 36.3 Å². The lowest BCUT2D eigenvalue weighted by molar-refractivity contribution is -0.174. The summed E-state index contributed by atoms with van der Waals surface area (Å²) < 4.78 is 4.99. The second-order valence-corrected chi connectivity index (χ2v) is 7.10. The summed E-state index contributed by atoms with van der Waals surface area (Å²) in [5.41, 5.74) is 0.139. The third-order valence-corrected chi connectivity index (χ3v) is 5.25. The average molecular weight is 313 g/mol. The molecule has 1 aromatic heterocycles. The maximum Gasteiger partial charge on any atom is 0.314 e. The van der Waals surface area contributed by atoms with Crippen LogP contribution in [0.25, 0.3) is 0 Å². The van der Waals surface area contributed by atoms with Gasteiger partial charge in [-0.2, -0.15) is 5.26 Å². The molecule has 0 bridgehead atoms. The summed E-state index contributed by atoms with van der Waals surface area (Å²) in [5, 5.41) is 8.80. The molecule has 2 heterocycles. The lowest BCUT2D eigenvalue weighted by Gasteiger charge is -2.54. The molecule has 120 valence electrons. The average Bonchev–Trinajstić information content (AvgIpc) is 2.89. The Balaban J connectivity index is 1.84. The van der Waals surface area contributed by atoms with Crippen molar-refractivity contribution in [2.75, 3.05) is 20.2 Å². The first-order chi connectivity index (χ1) is 10.8. The minimum Gasteiger partial charge on any atom is -0.469 e. The highest BCUT2D eigenvalue weighted by atomic mass is 16.5. The van der Waals surface area contributed by atoms with Crippen molar-refractivity contribution in [1.82, 2.24) is 9.88 Å². The largest absolute Gasteiger partial charge is 0.469 e. The molecule has 1 aromatic rings. The normalized spacial score (nSPS) is 27.6. The van der Waals surface area contributed by atoms with Gasteiger partial charge in [-0.3, -0.25) is 9.59 Å². The third kappa shape index (κ3) is 2.19. The van der Waals surface area contributed by atoms with Crippen LogP contribution in [0.5, 0.6) is 0 Å². The van der Waals surface area contributed by atoms with Crippen molar-refractivity contribution < 1.29 is 14.3 Å². The maximum absolute atomic E-state index is 12.7. The number of hydrogen-bond donors (Lipinski definition) is 0. The van der Waals surface area contributed by atoms with Gasteiger partial charge in [0.05, 0.1) is 18.1 Å². The number of nitrogens with zero attached hydrogens (tertiary/aromatic N) is 3. The van der Waals surface area contributed by atoms with Crippen LogP contribution < -0.4 is 0 Å². The number of carbonyl (C=O) groups excluding carboxylic acids is 2. The summed E-state index contributed by atoms with van der Waals surface area (Å²) in [6.07, 6.45) is 2.11. The number of hydrogen-bond acceptors (Lipinski definition) is 5. The summed E-state index contributed by atoms with van der Waals surface area (Å²) in [6.45, 7) is 5.14. The molecule has 1 amide bonds. The van der Waals surface area contributed by atoms with Crippen molar-refractivity contribution in [2.24, 2.45) is 16.7 Å². The fourth-order valence-corrected chi connectivity index (χ4v) is 4.28. The van der Waals surface area contributed by atoms with Gasteiger partial charge >= 0.3 is 5.97 Å². The summed E-state index contributed by atoms with van der Waals surface area (Å²) in [7, 11) is 1.39. The van der Waals surface area contributed by atoms with E-state index in [4.69, 9.17) is 10.00 Å². The highest BCUT2D eigenvalue weighted by molar-refractivity contribution is 5.93. The number of rotatable bonds is 2. The molecule has 1 saturated carbocycles. The van der Waals surface area contributed by atoms with Crippen molar-refractivity contribution in [3.05, 3.63) is 29.6 Å². The lowest BCUT2D eigenvalue weighted by atomic mass is 9.48. The van der Waals surface area contributed by atoms with Crippen molar-refractivity contribution in [1.29, 1.82) is 5.26 Å². The number of esters is 1. The molecule has 23 heavy (non-hydrogen) atoms. The molecule has 2 fully saturated rings. The van der Waals surface area contributed by atoms with E-state index in [1.807, 2.05) is 6.07 Å². The monoisotopic (exact) mass is 313 g/mol. The van der Waals surface area contributed by atoms with Gasteiger partial charge in [-0.25, -0.2) is 4.98 Å². The first-order valence-corrected chi connectivity index (χ1v) is 7.58. The Labute approximate surface area is 135 Å². The minimum atomic E-state index is -0.583. The van der Waals surface area contributed by atoms with Crippen LogP contribution in [-0.2, 0) is 9.53 Å². The molecule has 3 rings (SSSR count). The first kappa shape index (κ1) is 15.5. The summed E-state index contributed by atoms with van der Waals surface area (Å²) in [4.78, 5) is 30.7. The maximum atomic E-state index is 12.7. The van der Waals surface area contributed by atoms with Crippen LogP contribution in [0.2, 0.25) is 0 Å². The van der Waals surface area contributed by atoms with Gasteiger partial charge in [0.1, 0.15) is 11.8 Å². The van der Waals surface area contributed by atoms with E-state index >= 15 is 0 Å². The molecule has 0 unspecified atom stereocenters. The van der Waals surface area contributed by atoms with Gasteiger partial charge < -0.3 is 9.64 Å². The summed E-state index contributed by atoms with van der Waals surface area (Å²) >= 11 is 0.